The molecule has 0 aliphatic heterocycles. The lowest BCUT2D eigenvalue weighted by Gasteiger charge is -2.36. The summed E-state index contributed by atoms with van der Waals surface area (Å²) in [5, 5.41) is 0. The van der Waals surface area contributed by atoms with Gasteiger partial charge in [0.15, 0.2) is 0 Å². The highest BCUT2D eigenvalue weighted by Crippen LogP contribution is 2.14. The van der Waals surface area contributed by atoms with Crippen LogP contribution in [0.25, 0.3) is 0 Å². The molecule has 0 fully saturated rings. The Hall–Kier alpha value is -0.570. The van der Waals surface area contributed by atoms with E-state index in [1.54, 1.807) is 0 Å². The summed E-state index contributed by atoms with van der Waals surface area (Å²) in [4.78, 5) is 12.1. The highest BCUT2D eigenvalue weighted by molar-refractivity contribution is 5.69. The van der Waals surface area contributed by atoms with Gasteiger partial charge in [0.2, 0.25) is 0 Å². The first kappa shape index (κ1) is 32.4. The van der Waals surface area contributed by atoms with Gasteiger partial charge in [0.05, 0.1) is 19.6 Å². The Balaban J connectivity index is 3.72. The predicted octanol–water partition coefficient (Wildman–Crippen LogP) is 9.23. The third kappa shape index (κ3) is 20.5. The molecular formula is C30H62NO2+. The number of nitrogens with zero attached hydrogens (tertiary/aromatic N) is 1. The van der Waals surface area contributed by atoms with Crippen LogP contribution in [0.5, 0.6) is 0 Å². The minimum atomic E-state index is 0.0170. The lowest BCUT2D eigenvalue weighted by molar-refractivity contribution is -0.925. The summed E-state index contributed by atoms with van der Waals surface area (Å²) in [5.74, 6) is 0.0170. The van der Waals surface area contributed by atoms with Gasteiger partial charge in [-0.2, -0.15) is 0 Å². The lowest BCUT2D eigenvalue weighted by Crippen LogP contribution is -2.50. The Morgan fingerprint density at radius 3 is 1.33 bits per heavy atom. The van der Waals surface area contributed by atoms with Crippen molar-refractivity contribution >= 4 is 5.97 Å². The van der Waals surface area contributed by atoms with Crippen LogP contribution in [0.2, 0.25) is 0 Å². The van der Waals surface area contributed by atoms with E-state index in [-0.39, 0.29) is 5.97 Å². The van der Waals surface area contributed by atoms with E-state index in [9.17, 15) is 4.79 Å². The fraction of sp³-hybridized carbons (Fsp3) is 0.967. The van der Waals surface area contributed by atoms with Gasteiger partial charge in [-0.25, -0.2) is 0 Å². The summed E-state index contributed by atoms with van der Waals surface area (Å²) in [6.07, 6.45) is 26.1. The Bertz CT molecular complexity index is 406. The van der Waals surface area contributed by atoms with E-state index in [4.69, 9.17) is 4.74 Å². The van der Waals surface area contributed by atoms with Crippen molar-refractivity contribution in [1.29, 1.82) is 0 Å². The summed E-state index contributed by atoms with van der Waals surface area (Å²) >= 11 is 0. The fourth-order valence-electron chi connectivity index (χ4n) is 4.91. The van der Waals surface area contributed by atoms with Crippen molar-refractivity contribution < 1.29 is 14.0 Å². The number of ether oxygens (including phenoxy) is 1. The van der Waals surface area contributed by atoms with E-state index < -0.39 is 0 Å². The molecule has 0 aliphatic carbocycles. The van der Waals surface area contributed by atoms with Crippen LogP contribution < -0.4 is 0 Å². The average molecular weight is 469 g/mol. The molecule has 0 aromatic rings. The van der Waals surface area contributed by atoms with Crippen molar-refractivity contribution in [2.24, 2.45) is 0 Å². The first-order valence-electron chi connectivity index (χ1n) is 15.1. The summed E-state index contributed by atoms with van der Waals surface area (Å²) in [6, 6.07) is 0. The third-order valence-electron chi connectivity index (χ3n) is 7.64. The molecule has 198 valence electrons. The topological polar surface area (TPSA) is 26.3 Å². The maximum atomic E-state index is 12.1. The van der Waals surface area contributed by atoms with Crippen molar-refractivity contribution in [2.75, 3.05) is 32.8 Å². The standard InChI is InChI=1S/C30H62NO2/c1-5-9-11-13-15-17-18-19-20-22-24-26-30(32)33-29-28-31(7-3,8-4)27-25-23-21-16-14-12-10-6-2/h5-29H2,1-4H3/q+1. The van der Waals surface area contributed by atoms with Gasteiger partial charge in [-0.05, 0) is 33.1 Å². The zero-order valence-corrected chi connectivity index (χ0v) is 23.4. The van der Waals surface area contributed by atoms with Gasteiger partial charge in [-0.15, -0.1) is 0 Å². The molecule has 0 amide bonds. The van der Waals surface area contributed by atoms with E-state index >= 15 is 0 Å². The van der Waals surface area contributed by atoms with Gasteiger partial charge in [0.1, 0.15) is 13.2 Å². The molecule has 3 nitrogen and oxygen atoms in total. The number of hydrogen-bond acceptors (Lipinski definition) is 2. The van der Waals surface area contributed by atoms with Crippen molar-refractivity contribution in [2.45, 2.75) is 156 Å². The minimum absolute atomic E-state index is 0.0170. The first-order valence-corrected chi connectivity index (χ1v) is 15.1. The van der Waals surface area contributed by atoms with Crippen LogP contribution in [0, 0.1) is 0 Å². The Kier molecular flexibility index (Phi) is 24.1. The smallest absolute Gasteiger partial charge is 0.305 e. The van der Waals surface area contributed by atoms with Crippen LogP contribution in [0.3, 0.4) is 0 Å². The van der Waals surface area contributed by atoms with E-state index in [0.717, 1.165) is 30.5 Å². The van der Waals surface area contributed by atoms with Crippen LogP contribution in [0.15, 0.2) is 0 Å². The Morgan fingerprint density at radius 1 is 0.515 bits per heavy atom. The van der Waals surface area contributed by atoms with E-state index in [2.05, 4.69) is 27.7 Å². The molecule has 0 aromatic heterocycles. The molecule has 0 atom stereocenters. The van der Waals surface area contributed by atoms with Gasteiger partial charge < -0.3 is 9.22 Å². The number of rotatable bonds is 26. The average Bonchev–Trinajstić information content (AvgIpc) is 2.83. The van der Waals surface area contributed by atoms with Crippen LogP contribution >= 0.6 is 0 Å². The van der Waals surface area contributed by atoms with Crippen molar-refractivity contribution in [3.05, 3.63) is 0 Å². The number of carbonyl (C=O) groups excluding carboxylic acids is 1. The van der Waals surface area contributed by atoms with Crippen LogP contribution in [-0.4, -0.2) is 43.2 Å². The maximum absolute atomic E-state index is 12.1. The van der Waals surface area contributed by atoms with E-state index in [0.29, 0.717) is 13.0 Å². The molecule has 0 rings (SSSR count). The van der Waals surface area contributed by atoms with Gasteiger partial charge in [-0.1, -0.05) is 117 Å². The molecule has 33 heavy (non-hydrogen) atoms. The first-order chi connectivity index (χ1) is 16.1. The number of unbranched alkanes of at least 4 members (excludes halogenated alkanes) is 17. The minimum Gasteiger partial charge on any atom is -0.460 e. The van der Waals surface area contributed by atoms with Crippen molar-refractivity contribution in [3.8, 4) is 0 Å². The quantitative estimate of drug-likeness (QED) is 0.0718. The number of esters is 1. The summed E-state index contributed by atoms with van der Waals surface area (Å²) in [6.45, 7) is 14.2. The van der Waals surface area contributed by atoms with Crippen molar-refractivity contribution in [3.63, 3.8) is 0 Å². The molecule has 0 heterocycles. The number of hydrogen-bond donors (Lipinski definition) is 0. The van der Waals surface area contributed by atoms with Crippen molar-refractivity contribution in [1.82, 2.24) is 0 Å². The zero-order valence-electron chi connectivity index (χ0n) is 23.4. The summed E-state index contributed by atoms with van der Waals surface area (Å²) < 4.78 is 6.72. The fourth-order valence-corrected chi connectivity index (χ4v) is 4.91. The number of carbonyl (C=O) groups is 1. The third-order valence-corrected chi connectivity index (χ3v) is 7.64. The highest BCUT2D eigenvalue weighted by atomic mass is 16.5. The molecule has 0 spiro atoms. The Morgan fingerprint density at radius 2 is 0.909 bits per heavy atom. The normalized spacial score (nSPS) is 11.8. The Labute approximate surface area is 209 Å². The number of likely N-dealkylation sites (N-methyl/N-ethyl adjacent to an activating group) is 1. The summed E-state index contributed by atoms with van der Waals surface area (Å²) in [7, 11) is 0. The second kappa shape index (κ2) is 24.6. The molecule has 0 aliphatic rings. The van der Waals surface area contributed by atoms with E-state index in [1.807, 2.05) is 0 Å². The van der Waals surface area contributed by atoms with Gasteiger partial charge in [0, 0.05) is 6.42 Å². The monoisotopic (exact) mass is 468 g/mol. The molecule has 0 saturated heterocycles. The molecule has 0 unspecified atom stereocenters. The van der Waals surface area contributed by atoms with Crippen LogP contribution in [0.1, 0.15) is 156 Å². The lowest BCUT2D eigenvalue weighted by atomic mass is 10.1. The van der Waals surface area contributed by atoms with E-state index in [1.165, 1.54) is 122 Å². The van der Waals surface area contributed by atoms with Gasteiger partial charge in [0.25, 0.3) is 0 Å². The van der Waals surface area contributed by atoms with Crippen LogP contribution in [0.4, 0.5) is 0 Å². The number of quaternary nitrogens is 1. The molecule has 0 N–H and O–H groups in total. The molecule has 0 bridgehead atoms. The second-order valence-corrected chi connectivity index (χ2v) is 10.4. The largest absolute Gasteiger partial charge is 0.460 e. The maximum Gasteiger partial charge on any atom is 0.305 e. The summed E-state index contributed by atoms with van der Waals surface area (Å²) in [5.41, 5.74) is 0. The molecular weight excluding hydrogens is 406 g/mol. The second-order valence-electron chi connectivity index (χ2n) is 10.4. The zero-order chi connectivity index (χ0) is 24.5. The molecule has 3 heteroatoms. The predicted molar refractivity (Wildman–Crippen MR) is 146 cm³/mol. The van der Waals surface area contributed by atoms with Gasteiger partial charge >= 0.3 is 5.97 Å². The van der Waals surface area contributed by atoms with Crippen LogP contribution in [-0.2, 0) is 9.53 Å². The van der Waals surface area contributed by atoms with Gasteiger partial charge in [-0.3, -0.25) is 4.79 Å². The molecule has 0 aromatic carbocycles. The molecule has 0 saturated carbocycles. The molecule has 0 radical (unpaired) electrons. The SMILES string of the molecule is CCCCCCCCCCCCCC(=O)OCC[N+](CC)(CC)CCCCCCCCCC. The highest BCUT2D eigenvalue weighted by Gasteiger charge is 2.23.